The predicted octanol–water partition coefficient (Wildman–Crippen LogP) is 0.862. The Morgan fingerprint density at radius 3 is 2.62 bits per heavy atom. The van der Waals surface area contributed by atoms with E-state index in [1.807, 2.05) is 0 Å². The van der Waals surface area contributed by atoms with Crippen molar-refractivity contribution in [2.45, 2.75) is 0 Å². The molecule has 0 aromatic carbocycles. The number of carbonyl (C=O) groups is 2. The molecule has 1 aliphatic heterocycles. The average molecular weight is 328 g/mol. The molecule has 0 unspecified atom stereocenters. The summed E-state index contributed by atoms with van der Waals surface area (Å²) in [6.07, 6.45) is 3.11. The molecule has 2 aromatic rings. The number of amides is 2. The molecule has 7 nitrogen and oxygen atoms in total. The van der Waals surface area contributed by atoms with Crippen LogP contribution in [-0.4, -0.2) is 65.9 Å². The molecule has 3 rings (SSSR count). The van der Waals surface area contributed by atoms with Crippen LogP contribution in [0.25, 0.3) is 0 Å². The first-order valence-corrected chi connectivity index (χ1v) is 7.98. The summed E-state index contributed by atoms with van der Waals surface area (Å²) in [6.45, 7) is 4.20. The molecule has 126 valence electrons. The normalized spacial score (nSPS) is 15.2. The van der Waals surface area contributed by atoms with Gasteiger partial charge in [0.25, 0.3) is 11.8 Å². The second-order valence-electron chi connectivity index (χ2n) is 5.58. The summed E-state index contributed by atoms with van der Waals surface area (Å²) < 4.78 is 5.15. The molecule has 1 saturated heterocycles. The second-order valence-corrected chi connectivity index (χ2v) is 5.58. The highest BCUT2D eigenvalue weighted by atomic mass is 16.3. The SMILES string of the molecule is O=C(NCCN1CCN(C(=O)c2ccco2)CC1)c1ccccn1. The van der Waals surface area contributed by atoms with Crippen LogP contribution in [0, 0.1) is 0 Å². The lowest BCUT2D eigenvalue weighted by Gasteiger charge is -2.34. The highest BCUT2D eigenvalue weighted by Crippen LogP contribution is 2.09. The Bertz CT molecular complexity index is 664. The van der Waals surface area contributed by atoms with Gasteiger partial charge in [-0.3, -0.25) is 19.5 Å². The quantitative estimate of drug-likeness (QED) is 0.881. The van der Waals surface area contributed by atoms with Crippen LogP contribution >= 0.6 is 0 Å². The van der Waals surface area contributed by atoms with Crippen LogP contribution in [0.15, 0.2) is 47.2 Å². The fraction of sp³-hybridized carbons (Fsp3) is 0.353. The second kappa shape index (κ2) is 7.74. The number of hydrogen-bond acceptors (Lipinski definition) is 5. The molecule has 1 fully saturated rings. The molecule has 3 heterocycles. The van der Waals surface area contributed by atoms with Crippen molar-refractivity contribution in [3.63, 3.8) is 0 Å². The summed E-state index contributed by atoms with van der Waals surface area (Å²) in [4.78, 5) is 32.1. The van der Waals surface area contributed by atoms with Gasteiger partial charge < -0.3 is 14.6 Å². The van der Waals surface area contributed by atoms with E-state index in [1.54, 1.807) is 41.4 Å². The van der Waals surface area contributed by atoms with Gasteiger partial charge in [-0.2, -0.15) is 0 Å². The number of rotatable bonds is 5. The van der Waals surface area contributed by atoms with Crippen LogP contribution in [-0.2, 0) is 0 Å². The number of nitrogens with one attached hydrogen (secondary N) is 1. The molecule has 1 aliphatic rings. The van der Waals surface area contributed by atoms with Crippen molar-refractivity contribution in [2.75, 3.05) is 39.3 Å². The van der Waals surface area contributed by atoms with Gasteiger partial charge in [0.05, 0.1) is 6.26 Å². The molecule has 0 saturated carbocycles. The maximum absolute atomic E-state index is 12.2. The van der Waals surface area contributed by atoms with Crippen LogP contribution in [0.3, 0.4) is 0 Å². The summed E-state index contributed by atoms with van der Waals surface area (Å²) in [5, 5.41) is 2.86. The van der Waals surface area contributed by atoms with Crippen molar-refractivity contribution >= 4 is 11.8 Å². The first-order chi connectivity index (χ1) is 11.7. The Kier molecular flexibility index (Phi) is 5.22. The van der Waals surface area contributed by atoms with Gasteiger partial charge >= 0.3 is 0 Å². The third-order valence-corrected chi connectivity index (χ3v) is 4.00. The molecule has 0 aliphatic carbocycles. The molecular weight excluding hydrogens is 308 g/mol. The van der Waals surface area contributed by atoms with E-state index < -0.39 is 0 Å². The monoisotopic (exact) mass is 328 g/mol. The molecule has 1 N–H and O–H groups in total. The lowest BCUT2D eigenvalue weighted by molar-refractivity contribution is 0.0607. The lowest BCUT2D eigenvalue weighted by atomic mass is 10.3. The van der Waals surface area contributed by atoms with E-state index in [-0.39, 0.29) is 11.8 Å². The number of piperazine rings is 1. The van der Waals surface area contributed by atoms with Gasteiger partial charge in [0.2, 0.25) is 0 Å². The minimum absolute atomic E-state index is 0.0666. The molecular formula is C17H20N4O3. The summed E-state index contributed by atoms with van der Waals surface area (Å²) in [5.41, 5.74) is 0.423. The minimum Gasteiger partial charge on any atom is -0.459 e. The average Bonchev–Trinajstić information content (AvgIpc) is 3.17. The Labute approximate surface area is 140 Å². The van der Waals surface area contributed by atoms with E-state index in [4.69, 9.17) is 4.42 Å². The summed E-state index contributed by atoms with van der Waals surface area (Å²) in [7, 11) is 0. The molecule has 24 heavy (non-hydrogen) atoms. The van der Waals surface area contributed by atoms with Gasteiger partial charge in [-0.05, 0) is 24.3 Å². The van der Waals surface area contributed by atoms with Crippen LogP contribution in [0.4, 0.5) is 0 Å². The zero-order valence-corrected chi connectivity index (χ0v) is 13.4. The number of aromatic nitrogens is 1. The molecule has 0 bridgehead atoms. The van der Waals surface area contributed by atoms with E-state index in [2.05, 4.69) is 15.2 Å². The fourth-order valence-corrected chi connectivity index (χ4v) is 2.65. The topological polar surface area (TPSA) is 78.7 Å². The van der Waals surface area contributed by atoms with Gasteiger partial charge in [0.1, 0.15) is 5.69 Å². The zero-order valence-electron chi connectivity index (χ0n) is 13.4. The molecule has 0 atom stereocenters. The molecule has 2 amide bonds. The van der Waals surface area contributed by atoms with Gasteiger partial charge in [-0.1, -0.05) is 6.07 Å². The summed E-state index contributed by atoms with van der Waals surface area (Å²) in [6, 6.07) is 8.65. The van der Waals surface area contributed by atoms with Gasteiger partial charge in [-0.25, -0.2) is 0 Å². The number of hydrogen-bond donors (Lipinski definition) is 1. The van der Waals surface area contributed by atoms with Crippen LogP contribution in [0.5, 0.6) is 0 Å². The number of carbonyl (C=O) groups excluding carboxylic acids is 2. The molecule has 0 radical (unpaired) electrons. The Morgan fingerprint density at radius 1 is 1.12 bits per heavy atom. The molecule has 2 aromatic heterocycles. The van der Waals surface area contributed by atoms with E-state index in [0.717, 1.165) is 19.6 Å². The highest BCUT2D eigenvalue weighted by molar-refractivity contribution is 5.92. The van der Waals surface area contributed by atoms with E-state index in [0.29, 0.717) is 31.1 Å². The Morgan fingerprint density at radius 2 is 1.96 bits per heavy atom. The molecule has 0 spiro atoms. The van der Waals surface area contributed by atoms with Crippen LogP contribution in [0.2, 0.25) is 0 Å². The Hall–Kier alpha value is -2.67. The number of furan rings is 1. The van der Waals surface area contributed by atoms with Crippen molar-refractivity contribution in [1.82, 2.24) is 20.1 Å². The standard InChI is InChI=1S/C17H20N4O3/c22-16(14-4-1-2-6-18-14)19-7-8-20-9-11-21(12-10-20)17(23)15-5-3-13-24-15/h1-6,13H,7-12H2,(H,19,22). The maximum atomic E-state index is 12.2. The van der Waals surface area contributed by atoms with E-state index >= 15 is 0 Å². The lowest BCUT2D eigenvalue weighted by Crippen LogP contribution is -2.50. The van der Waals surface area contributed by atoms with Crippen molar-refractivity contribution in [3.8, 4) is 0 Å². The first-order valence-electron chi connectivity index (χ1n) is 7.98. The van der Waals surface area contributed by atoms with E-state index in [1.165, 1.54) is 6.26 Å². The zero-order chi connectivity index (χ0) is 16.8. The van der Waals surface area contributed by atoms with Crippen molar-refractivity contribution in [2.24, 2.45) is 0 Å². The van der Waals surface area contributed by atoms with Gasteiger partial charge in [-0.15, -0.1) is 0 Å². The predicted molar refractivity (Wildman–Crippen MR) is 87.6 cm³/mol. The summed E-state index contributed by atoms with van der Waals surface area (Å²) >= 11 is 0. The number of nitrogens with zero attached hydrogens (tertiary/aromatic N) is 3. The number of pyridine rings is 1. The Balaban J connectivity index is 1.38. The minimum atomic E-state index is -0.165. The first kappa shape index (κ1) is 16.2. The third kappa shape index (κ3) is 3.99. The third-order valence-electron chi connectivity index (χ3n) is 4.00. The summed E-state index contributed by atoms with van der Waals surface area (Å²) in [5.74, 6) is 0.149. The largest absolute Gasteiger partial charge is 0.459 e. The van der Waals surface area contributed by atoms with Crippen molar-refractivity contribution in [1.29, 1.82) is 0 Å². The smallest absolute Gasteiger partial charge is 0.289 e. The van der Waals surface area contributed by atoms with Crippen LogP contribution < -0.4 is 5.32 Å². The van der Waals surface area contributed by atoms with Gasteiger partial charge in [0, 0.05) is 45.5 Å². The van der Waals surface area contributed by atoms with Crippen LogP contribution in [0.1, 0.15) is 21.0 Å². The maximum Gasteiger partial charge on any atom is 0.289 e. The van der Waals surface area contributed by atoms with Gasteiger partial charge in [0.15, 0.2) is 5.76 Å². The van der Waals surface area contributed by atoms with E-state index in [9.17, 15) is 9.59 Å². The molecule has 7 heteroatoms. The fourth-order valence-electron chi connectivity index (χ4n) is 2.65. The van der Waals surface area contributed by atoms with Crippen molar-refractivity contribution < 1.29 is 14.0 Å². The highest BCUT2D eigenvalue weighted by Gasteiger charge is 2.23. The van der Waals surface area contributed by atoms with Crippen molar-refractivity contribution in [3.05, 3.63) is 54.2 Å².